The summed E-state index contributed by atoms with van der Waals surface area (Å²) in [5, 5.41) is 12.7. The van der Waals surface area contributed by atoms with Gasteiger partial charge in [0.25, 0.3) is 11.6 Å². The van der Waals surface area contributed by atoms with E-state index in [1.54, 1.807) is 26.0 Å². The Bertz CT molecular complexity index is 963. The van der Waals surface area contributed by atoms with E-state index in [0.717, 1.165) is 17.7 Å². The largest absolute Gasteiger partial charge is 0.452 e. The van der Waals surface area contributed by atoms with Gasteiger partial charge in [-0.25, -0.2) is 4.79 Å². The topological polar surface area (TPSA) is 98.5 Å². The molecule has 2 aromatic rings. The van der Waals surface area contributed by atoms with Gasteiger partial charge in [0.1, 0.15) is 0 Å². The molecule has 0 unspecified atom stereocenters. The third kappa shape index (κ3) is 5.31. The maximum atomic E-state index is 13.1. The zero-order valence-corrected chi connectivity index (χ0v) is 15.7. The molecule has 154 valence electrons. The monoisotopic (exact) mass is 410 g/mol. The van der Waals surface area contributed by atoms with Gasteiger partial charge >= 0.3 is 12.1 Å². The quantitative estimate of drug-likeness (QED) is 0.449. The highest BCUT2D eigenvalue weighted by Crippen LogP contribution is 2.37. The smallest absolute Gasteiger partial charge is 0.418 e. The van der Waals surface area contributed by atoms with Crippen LogP contribution < -0.4 is 5.32 Å². The van der Waals surface area contributed by atoms with Gasteiger partial charge in [0.15, 0.2) is 6.61 Å². The number of amides is 1. The summed E-state index contributed by atoms with van der Waals surface area (Å²) < 4.78 is 44.3. The summed E-state index contributed by atoms with van der Waals surface area (Å²) >= 11 is 0. The number of nitro benzene ring substituents is 1. The van der Waals surface area contributed by atoms with E-state index in [1.165, 1.54) is 0 Å². The van der Waals surface area contributed by atoms with Gasteiger partial charge in [0, 0.05) is 12.1 Å². The molecule has 0 saturated carbocycles. The fourth-order valence-electron chi connectivity index (χ4n) is 2.88. The van der Waals surface area contributed by atoms with Crippen molar-refractivity contribution in [2.75, 3.05) is 11.9 Å². The number of esters is 1. The number of hydrogen-bond acceptors (Lipinski definition) is 5. The summed E-state index contributed by atoms with van der Waals surface area (Å²) in [7, 11) is 0. The molecule has 0 bridgehead atoms. The number of nitro groups is 1. The lowest BCUT2D eigenvalue weighted by Crippen LogP contribution is -2.23. The molecule has 2 aromatic carbocycles. The fourth-order valence-corrected chi connectivity index (χ4v) is 2.88. The second kappa shape index (κ2) is 8.29. The molecular formula is C19H17F3N2O5. The molecule has 0 atom stereocenters. The van der Waals surface area contributed by atoms with Gasteiger partial charge in [0.2, 0.25) is 0 Å². The molecule has 0 heterocycles. The summed E-state index contributed by atoms with van der Waals surface area (Å²) in [5.74, 6) is -1.80. The highest BCUT2D eigenvalue weighted by atomic mass is 19.4. The van der Waals surface area contributed by atoms with Crippen LogP contribution in [0.25, 0.3) is 0 Å². The molecular weight excluding hydrogens is 393 g/mol. The molecule has 0 saturated heterocycles. The molecule has 29 heavy (non-hydrogen) atoms. The molecule has 0 aliphatic carbocycles. The van der Waals surface area contributed by atoms with Gasteiger partial charge < -0.3 is 10.1 Å². The maximum Gasteiger partial charge on any atom is 0.418 e. The van der Waals surface area contributed by atoms with Gasteiger partial charge in [0.05, 0.1) is 21.7 Å². The van der Waals surface area contributed by atoms with Crippen LogP contribution in [0.1, 0.15) is 32.6 Å². The zero-order chi connectivity index (χ0) is 21.9. The number of rotatable bonds is 5. The number of anilines is 1. The second-order valence-corrected chi connectivity index (χ2v) is 6.38. The van der Waals surface area contributed by atoms with Crippen LogP contribution in [-0.2, 0) is 15.7 Å². The van der Waals surface area contributed by atoms with Crippen molar-refractivity contribution in [2.45, 2.75) is 26.9 Å². The van der Waals surface area contributed by atoms with Gasteiger partial charge in [-0.3, -0.25) is 14.9 Å². The summed E-state index contributed by atoms with van der Waals surface area (Å²) in [6.07, 6.45) is -4.93. The Balaban J connectivity index is 2.14. The Labute approximate surface area is 163 Å². The number of hydrogen-bond donors (Lipinski definition) is 1. The van der Waals surface area contributed by atoms with Crippen LogP contribution in [0, 0.1) is 30.9 Å². The lowest BCUT2D eigenvalue weighted by Gasteiger charge is -2.14. The van der Waals surface area contributed by atoms with Crippen molar-refractivity contribution in [3.05, 3.63) is 68.3 Å². The Morgan fingerprint density at radius 1 is 1.10 bits per heavy atom. The van der Waals surface area contributed by atoms with Crippen molar-refractivity contribution in [1.82, 2.24) is 0 Å². The molecule has 1 N–H and O–H groups in total. The minimum Gasteiger partial charge on any atom is -0.452 e. The van der Waals surface area contributed by atoms with Crippen molar-refractivity contribution in [3.8, 4) is 0 Å². The van der Waals surface area contributed by atoms with Crippen LogP contribution in [0.2, 0.25) is 0 Å². The van der Waals surface area contributed by atoms with Crippen LogP contribution in [0.3, 0.4) is 0 Å². The SMILES string of the molecule is Cc1cc(C)c(C(=O)OCC(=O)Nc2ccc([N+](=O)[O-])cc2C(F)(F)F)c(C)c1. The minimum absolute atomic E-state index is 0.273. The van der Waals surface area contributed by atoms with Crippen LogP contribution in [-0.4, -0.2) is 23.4 Å². The summed E-state index contributed by atoms with van der Waals surface area (Å²) in [6.45, 7) is 4.43. The van der Waals surface area contributed by atoms with Crippen LogP contribution in [0.15, 0.2) is 30.3 Å². The Kier molecular flexibility index (Phi) is 6.25. The molecule has 7 nitrogen and oxygen atoms in total. The molecule has 0 aliphatic rings. The Morgan fingerprint density at radius 3 is 2.21 bits per heavy atom. The number of aryl methyl sites for hydroxylation is 3. The zero-order valence-electron chi connectivity index (χ0n) is 15.7. The molecule has 0 aliphatic heterocycles. The van der Waals surface area contributed by atoms with Gasteiger partial charge in [-0.2, -0.15) is 13.2 Å². The first-order valence-corrected chi connectivity index (χ1v) is 8.30. The first-order chi connectivity index (χ1) is 13.4. The Morgan fingerprint density at radius 2 is 1.69 bits per heavy atom. The predicted molar refractivity (Wildman–Crippen MR) is 97.7 cm³/mol. The highest BCUT2D eigenvalue weighted by Gasteiger charge is 2.35. The number of benzene rings is 2. The van der Waals surface area contributed by atoms with Crippen molar-refractivity contribution < 1.29 is 32.4 Å². The number of ether oxygens (including phenoxy) is 1. The first-order valence-electron chi connectivity index (χ1n) is 8.30. The number of nitrogens with zero attached hydrogens (tertiary/aromatic N) is 1. The number of carbonyl (C=O) groups excluding carboxylic acids is 2. The van der Waals surface area contributed by atoms with E-state index in [-0.39, 0.29) is 5.56 Å². The van der Waals surface area contributed by atoms with E-state index in [2.05, 4.69) is 0 Å². The van der Waals surface area contributed by atoms with Gasteiger partial charge in [-0.1, -0.05) is 17.7 Å². The summed E-state index contributed by atoms with van der Waals surface area (Å²) in [4.78, 5) is 33.9. The van der Waals surface area contributed by atoms with Crippen LogP contribution >= 0.6 is 0 Å². The number of halogens is 3. The maximum absolute atomic E-state index is 13.1. The normalized spacial score (nSPS) is 11.1. The summed E-state index contributed by atoms with van der Waals surface area (Å²) in [5.41, 5.74) is -0.331. The molecule has 10 heteroatoms. The van der Waals surface area contributed by atoms with E-state index in [4.69, 9.17) is 4.74 Å². The molecule has 0 fully saturated rings. The number of alkyl halides is 3. The number of nitrogens with one attached hydrogen (secondary N) is 1. The third-order valence-electron chi connectivity index (χ3n) is 4.01. The van der Waals surface area contributed by atoms with E-state index in [9.17, 15) is 32.9 Å². The lowest BCUT2D eigenvalue weighted by atomic mass is 10.00. The van der Waals surface area contributed by atoms with Crippen molar-refractivity contribution >= 4 is 23.3 Å². The number of non-ortho nitro benzene ring substituents is 1. The average Bonchev–Trinajstić information content (AvgIpc) is 2.58. The molecule has 0 spiro atoms. The lowest BCUT2D eigenvalue weighted by molar-refractivity contribution is -0.385. The number of carbonyl (C=O) groups is 2. The molecule has 2 rings (SSSR count). The standard InChI is InChI=1S/C19H17F3N2O5/c1-10-6-11(2)17(12(3)7-10)18(26)29-9-16(25)23-15-5-4-13(24(27)28)8-14(15)19(20,21)22/h4-8H,9H2,1-3H3,(H,23,25). The predicted octanol–water partition coefficient (Wildman–Crippen LogP) is 4.33. The van der Waals surface area contributed by atoms with Crippen molar-refractivity contribution in [2.24, 2.45) is 0 Å². The van der Waals surface area contributed by atoms with Crippen LogP contribution in [0.5, 0.6) is 0 Å². The second-order valence-electron chi connectivity index (χ2n) is 6.38. The fraction of sp³-hybridized carbons (Fsp3) is 0.263. The minimum atomic E-state index is -4.93. The molecule has 1 amide bonds. The van der Waals surface area contributed by atoms with Crippen molar-refractivity contribution in [3.63, 3.8) is 0 Å². The molecule has 0 aromatic heterocycles. The molecule has 0 radical (unpaired) electrons. The van der Waals surface area contributed by atoms with Gasteiger partial charge in [-0.15, -0.1) is 0 Å². The highest BCUT2D eigenvalue weighted by molar-refractivity contribution is 5.97. The van der Waals surface area contributed by atoms with E-state index in [0.29, 0.717) is 17.2 Å². The Hall–Kier alpha value is -3.43. The average molecular weight is 410 g/mol. The first kappa shape index (κ1) is 21.9. The van der Waals surface area contributed by atoms with E-state index >= 15 is 0 Å². The van der Waals surface area contributed by atoms with Crippen molar-refractivity contribution in [1.29, 1.82) is 0 Å². The van der Waals surface area contributed by atoms with E-state index < -0.39 is 46.5 Å². The van der Waals surface area contributed by atoms with Crippen LogP contribution in [0.4, 0.5) is 24.5 Å². The van der Waals surface area contributed by atoms with Gasteiger partial charge in [-0.05, 0) is 38.0 Å². The summed E-state index contributed by atoms with van der Waals surface area (Å²) in [6, 6.07) is 5.44. The van der Waals surface area contributed by atoms with E-state index in [1.807, 2.05) is 12.2 Å². The third-order valence-corrected chi connectivity index (χ3v) is 4.01.